The normalized spacial score (nSPS) is 21.9. The molecule has 2 heteroatoms. The summed E-state index contributed by atoms with van der Waals surface area (Å²) in [5.74, 6) is 0.237. The minimum atomic E-state index is 0.237. The SMILES string of the molecule is C=CCCCC1CCCN1C(C)=O. The topological polar surface area (TPSA) is 20.3 Å². The van der Waals surface area contributed by atoms with E-state index in [1.165, 1.54) is 12.8 Å². The molecule has 13 heavy (non-hydrogen) atoms. The van der Waals surface area contributed by atoms with Gasteiger partial charge in [-0.25, -0.2) is 0 Å². The molecule has 74 valence electrons. The fraction of sp³-hybridized carbons (Fsp3) is 0.727. The fourth-order valence-corrected chi connectivity index (χ4v) is 2.05. The molecule has 1 saturated heterocycles. The average molecular weight is 181 g/mol. The molecule has 2 nitrogen and oxygen atoms in total. The highest BCUT2D eigenvalue weighted by molar-refractivity contribution is 5.73. The molecule has 1 aliphatic rings. The average Bonchev–Trinajstić information content (AvgIpc) is 2.53. The summed E-state index contributed by atoms with van der Waals surface area (Å²) in [5.41, 5.74) is 0. The van der Waals surface area contributed by atoms with E-state index in [2.05, 4.69) is 6.58 Å². The maximum atomic E-state index is 11.2. The first-order chi connectivity index (χ1) is 6.25. The molecule has 0 radical (unpaired) electrons. The van der Waals surface area contributed by atoms with Gasteiger partial charge in [0.25, 0.3) is 0 Å². The fourth-order valence-electron chi connectivity index (χ4n) is 2.05. The summed E-state index contributed by atoms with van der Waals surface area (Å²) < 4.78 is 0. The quantitative estimate of drug-likeness (QED) is 0.481. The van der Waals surface area contributed by atoms with Crippen molar-refractivity contribution in [3.05, 3.63) is 12.7 Å². The second kappa shape index (κ2) is 5.05. The van der Waals surface area contributed by atoms with Gasteiger partial charge in [-0.2, -0.15) is 0 Å². The van der Waals surface area contributed by atoms with E-state index in [1.54, 1.807) is 6.92 Å². The van der Waals surface area contributed by atoms with Crippen molar-refractivity contribution in [2.45, 2.75) is 45.1 Å². The molecule has 0 aliphatic carbocycles. The first-order valence-corrected chi connectivity index (χ1v) is 5.14. The Hall–Kier alpha value is -0.790. The number of amides is 1. The molecule has 0 aromatic heterocycles. The number of hydrogen-bond donors (Lipinski definition) is 0. The maximum Gasteiger partial charge on any atom is 0.219 e. The lowest BCUT2D eigenvalue weighted by Crippen LogP contribution is -2.33. The lowest BCUT2D eigenvalue weighted by atomic mass is 10.1. The van der Waals surface area contributed by atoms with Crippen LogP contribution in [-0.4, -0.2) is 23.4 Å². The zero-order valence-electron chi connectivity index (χ0n) is 8.46. The number of hydrogen-bond acceptors (Lipinski definition) is 1. The van der Waals surface area contributed by atoms with Gasteiger partial charge in [0, 0.05) is 19.5 Å². The zero-order chi connectivity index (χ0) is 9.68. The van der Waals surface area contributed by atoms with E-state index in [-0.39, 0.29) is 5.91 Å². The van der Waals surface area contributed by atoms with Crippen molar-refractivity contribution in [1.82, 2.24) is 4.90 Å². The molecule has 0 aromatic rings. The van der Waals surface area contributed by atoms with Crippen molar-refractivity contribution >= 4 is 5.91 Å². The Morgan fingerprint density at radius 2 is 2.46 bits per heavy atom. The predicted molar refractivity (Wildman–Crippen MR) is 54.5 cm³/mol. The first kappa shape index (κ1) is 10.3. The summed E-state index contributed by atoms with van der Waals surface area (Å²) in [6.07, 6.45) is 7.70. The van der Waals surface area contributed by atoms with Crippen molar-refractivity contribution in [3.8, 4) is 0 Å². The summed E-state index contributed by atoms with van der Waals surface area (Å²) in [7, 11) is 0. The van der Waals surface area contributed by atoms with E-state index < -0.39 is 0 Å². The van der Waals surface area contributed by atoms with Gasteiger partial charge < -0.3 is 4.90 Å². The number of rotatable bonds is 4. The van der Waals surface area contributed by atoms with Crippen molar-refractivity contribution in [1.29, 1.82) is 0 Å². The summed E-state index contributed by atoms with van der Waals surface area (Å²) in [5, 5.41) is 0. The van der Waals surface area contributed by atoms with Crippen LogP contribution in [-0.2, 0) is 4.79 Å². The van der Waals surface area contributed by atoms with Crippen LogP contribution in [0.1, 0.15) is 39.0 Å². The smallest absolute Gasteiger partial charge is 0.219 e. The van der Waals surface area contributed by atoms with E-state index in [9.17, 15) is 4.79 Å². The number of carbonyl (C=O) groups is 1. The standard InChI is InChI=1S/C11H19NO/c1-3-4-5-7-11-8-6-9-12(11)10(2)13/h3,11H,1,4-9H2,2H3. The van der Waals surface area contributed by atoms with Gasteiger partial charge >= 0.3 is 0 Å². The summed E-state index contributed by atoms with van der Waals surface area (Å²) in [4.78, 5) is 13.2. The number of likely N-dealkylation sites (tertiary alicyclic amines) is 1. The van der Waals surface area contributed by atoms with Crippen LogP contribution in [0.15, 0.2) is 12.7 Å². The third-order valence-electron chi connectivity index (χ3n) is 2.73. The lowest BCUT2D eigenvalue weighted by molar-refractivity contribution is -0.129. The monoisotopic (exact) mass is 181 g/mol. The molecule has 0 aromatic carbocycles. The number of carbonyl (C=O) groups excluding carboxylic acids is 1. The van der Waals surface area contributed by atoms with Crippen molar-refractivity contribution < 1.29 is 4.79 Å². The van der Waals surface area contributed by atoms with Crippen LogP contribution in [0.2, 0.25) is 0 Å². The molecule has 1 unspecified atom stereocenters. The Morgan fingerprint density at radius 3 is 3.08 bits per heavy atom. The highest BCUT2D eigenvalue weighted by Crippen LogP contribution is 2.21. The van der Waals surface area contributed by atoms with Gasteiger partial charge in [-0.05, 0) is 32.1 Å². The van der Waals surface area contributed by atoms with Crippen LogP contribution in [0.25, 0.3) is 0 Å². The molecule has 0 N–H and O–H groups in total. The molecule has 0 saturated carbocycles. The van der Waals surface area contributed by atoms with E-state index in [4.69, 9.17) is 0 Å². The second-order valence-corrected chi connectivity index (χ2v) is 3.73. The number of nitrogens with zero attached hydrogens (tertiary/aromatic N) is 1. The molecule has 1 atom stereocenters. The van der Waals surface area contributed by atoms with Crippen LogP contribution >= 0.6 is 0 Å². The minimum Gasteiger partial charge on any atom is -0.340 e. The maximum absolute atomic E-state index is 11.2. The minimum absolute atomic E-state index is 0.237. The molecular weight excluding hydrogens is 162 g/mol. The number of allylic oxidation sites excluding steroid dienone is 1. The summed E-state index contributed by atoms with van der Waals surface area (Å²) in [6, 6.07) is 0.512. The van der Waals surface area contributed by atoms with Crippen LogP contribution < -0.4 is 0 Å². The lowest BCUT2D eigenvalue weighted by Gasteiger charge is -2.22. The largest absolute Gasteiger partial charge is 0.340 e. The molecule has 1 fully saturated rings. The Balaban J connectivity index is 2.31. The van der Waals surface area contributed by atoms with Gasteiger partial charge in [-0.15, -0.1) is 6.58 Å². The third kappa shape index (κ3) is 2.87. The predicted octanol–water partition coefficient (Wildman–Crippen LogP) is 2.35. The zero-order valence-corrected chi connectivity index (χ0v) is 8.46. The Kier molecular flexibility index (Phi) is 4.00. The Morgan fingerprint density at radius 1 is 1.69 bits per heavy atom. The van der Waals surface area contributed by atoms with Gasteiger partial charge in [-0.1, -0.05) is 6.08 Å². The molecule has 0 spiro atoms. The van der Waals surface area contributed by atoms with Crippen molar-refractivity contribution in [2.75, 3.05) is 6.54 Å². The Labute approximate surface area is 80.6 Å². The van der Waals surface area contributed by atoms with E-state index in [0.29, 0.717) is 6.04 Å². The van der Waals surface area contributed by atoms with E-state index in [0.717, 1.165) is 25.8 Å². The molecule has 0 bridgehead atoms. The summed E-state index contributed by atoms with van der Waals surface area (Å²) >= 11 is 0. The molecular formula is C11H19NO. The van der Waals surface area contributed by atoms with Crippen molar-refractivity contribution in [2.24, 2.45) is 0 Å². The van der Waals surface area contributed by atoms with Gasteiger partial charge in [0.05, 0.1) is 0 Å². The highest BCUT2D eigenvalue weighted by Gasteiger charge is 2.25. The molecule has 1 heterocycles. The highest BCUT2D eigenvalue weighted by atomic mass is 16.2. The summed E-state index contributed by atoms with van der Waals surface area (Å²) in [6.45, 7) is 6.34. The molecule has 1 rings (SSSR count). The Bertz CT molecular complexity index is 189. The molecule has 1 aliphatic heterocycles. The number of unbranched alkanes of at least 4 members (excludes halogenated alkanes) is 1. The van der Waals surface area contributed by atoms with Gasteiger partial charge in [-0.3, -0.25) is 4.79 Å². The first-order valence-electron chi connectivity index (χ1n) is 5.14. The van der Waals surface area contributed by atoms with Crippen molar-refractivity contribution in [3.63, 3.8) is 0 Å². The van der Waals surface area contributed by atoms with Gasteiger partial charge in [0.15, 0.2) is 0 Å². The van der Waals surface area contributed by atoms with Gasteiger partial charge in [0.2, 0.25) is 5.91 Å². The molecule has 1 amide bonds. The van der Waals surface area contributed by atoms with Gasteiger partial charge in [0.1, 0.15) is 0 Å². The van der Waals surface area contributed by atoms with Crippen LogP contribution in [0.4, 0.5) is 0 Å². The third-order valence-corrected chi connectivity index (χ3v) is 2.73. The van der Waals surface area contributed by atoms with Crippen LogP contribution in [0, 0.1) is 0 Å². The van der Waals surface area contributed by atoms with E-state index in [1.807, 2.05) is 11.0 Å². The second-order valence-electron chi connectivity index (χ2n) is 3.73. The van der Waals surface area contributed by atoms with E-state index >= 15 is 0 Å². The van der Waals surface area contributed by atoms with Crippen LogP contribution in [0.3, 0.4) is 0 Å². The van der Waals surface area contributed by atoms with Crippen LogP contribution in [0.5, 0.6) is 0 Å².